The fraction of sp³-hybridized carbons (Fsp3) is 0.308. The zero-order valence-electron chi connectivity index (χ0n) is 19.4. The van der Waals surface area contributed by atoms with Crippen LogP contribution in [-0.4, -0.2) is 38.0 Å². The molecule has 0 saturated carbocycles. The number of thioether (sulfide) groups is 1. The molecule has 1 aliphatic heterocycles. The Labute approximate surface area is 199 Å². The van der Waals surface area contributed by atoms with Gasteiger partial charge in [0.2, 0.25) is 0 Å². The van der Waals surface area contributed by atoms with Gasteiger partial charge in [-0.15, -0.1) is 11.8 Å². The first-order valence-corrected chi connectivity index (χ1v) is 12.2. The van der Waals surface area contributed by atoms with E-state index in [2.05, 4.69) is 0 Å². The lowest BCUT2D eigenvalue weighted by Gasteiger charge is -2.30. The Balaban J connectivity index is 2.11. The third-order valence-corrected chi connectivity index (χ3v) is 5.84. The molecule has 0 amide bonds. The molecule has 0 atom stereocenters. The fourth-order valence-electron chi connectivity index (χ4n) is 3.61. The first-order valence-electron chi connectivity index (χ1n) is 10.9. The molecular formula is C26H29NO5S. The summed E-state index contributed by atoms with van der Waals surface area (Å²) in [6.07, 6.45) is 5.45. The van der Waals surface area contributed by atoms with Gasteiger partial charge in [-0.3, -0.25) is 0 Å². The normalized spacial score (nSPS) is 13.8. The molecule has 3 rings (SSSR count). The lowest BCUT2D eigenvalue weighted by atomic mass is 9.83. The van der Waals surface area contributed by atoms with Gasteiger partial charge in [-0.25, -0.2) is 9.59 Å². The Hall–Kier alpha value is -3.19. The Morgan fingerprint density at radius 1 is 0.818 bits per heavy atom. The summed E-state index contributed by atoms with van der Waals surface area (Å²) in [4.78, 5) is 28.9. The topological polar surface area (TPSA) is 65.1 Å². The first-order chi connectivity index (χ1) is 16.0. The predicted molar refractivity (Wildman–Crippen MR) is 130 cm³/mol. The van der Waals surface area contributed by atoms with Gasteiger partial charge in [0.05, 0.1) is 36.9 Å². The van der Waals surface area contributed by atoms with Crippen molar-refractivity contribution in [2.45, 2.75) is 31.6 Å². The highest BCUT2D eigenvalue weighted by Gasteiger charge is 2.35. The molecule has 33 heavy (non-hydrogen) atoms. The van der Waals surface area contributed by atoms with Crippen LogP contribution in [0.4, 0.5) is 5.69 Å². The third kappa shape index (κ3) is 5.79. The van der Waals surface area contributed by atoms with E-state index in [0.717, 1.165) is 21.9 Å². The van der Waals surface area contributed by atoms with Crippen LogP contribution in [0.15, 0.2) is 77.0 Å². The van der Waals surface area contributed by atoms with Crippen molar-refractivity contribution in [2.24, 2.45) is 0 Å². The molecule has 6 nitrogen and oxygen atoms in total. The van der Waals surface area contributed by atoms with Crippen molar-refractivity contribution in [3.05, 3.63) is 77.6 Å². The Morgan fingerprint density at radius 3 is 1.82 bits per heavy atom. The van der Waals surface area contributed by atoms with Crippen LogP contribution in [0, 0.1) is 0 Å². The second-order valence-electron chi connectivity index (χ2n) is 7.15. The van der Waals surface area contributed by atoms with Crippen LogP contribution in [-0.2, 0) is 19.1 Å². The van der Waals surface area contributed by atoms with Gasteiger partial charge in [-0.1, -0.05) is 12.1 Å². The fourth-order valence-corrected chi connectivity index (χ4v) is 4.02. The second-order valence-corrected chi connectivity index (χ2v) is 8.03. The maximum absolute atomic E-state index is 13.0. The van der Waals surface area contributed by atoms with Crippen molar-refractivity contribution in [1.29, 1.82) is 0 Å². The van der Waals surface area contributed by atoms with E-state index in [-0.39, 0.29) is 13.2 Å². The molecule has 0 aliphatic carbocycles. The summed E-state index contributed by atoms with van der Waals surface area (Å²) in [7, 11) is 0. The minimum atomic E-state index is -0.599. The summed E-state index contributed by atoms with van der Waals surface area (Å²) in [5, 5.41) is 0. The van der Waals surface area contributed by atoms with E-state index in [1.165, 1.54) is 0 Å². The summed E-state index contributed by atoms with van der Waals surface area (Å²) < 4.78 is 16.3. The summed E-state index contributed by atoms with van der Waals surface area (Å²) in [6.45, 7) is 6.48. The van der Waals surface area contributed by atoms with Crippen LogP contribution < -0.4 is 9.64 Å². The molecule has 0 bridgehead atoms. The van der Waals surface area contributed by atoms with Crippen LogP contribution in [0.1, 0.15) is 32.3 Å². The lowest BCUT2D eigenvalue weighted by Crippen LogP contribution is -2.29. The molecule has 7 heteroatoms. The predicted octanol–water partition coefficient (Wildman–Crippen LogP) is 5.31. The van der Waals surface area contributed by atoms with E-state index in [1.54, 1.807) is 42.9 Å². The van der Waals surface area contributed by atoms with Gasteiger partial charge in [0, 0.05) is 23.0 Å². The number of benzene rings is 2. The standard InChI is InChI=1S/C26H29NO5S/c1-5-30-20-12-10-19(11-13-20)27-16-22(25(28)31-6-2)24(23(17-27)26(29)32-7-3)18-8-14-21(33-4)15-9-18/h8-17,24H,5-7H2,1-4H3. The summed E-state index contributed by atoms with van der Waals surface area (Å²) in [5.74, 6) is -0.795. The van der Waals surface area contributed by atoms with Gasteiger partial charge in [0.1, 0.15) is 5.75 Å². The van der Waals surface area contributed by atoms with E-state index in [0.29, 0.717) is 17.8 Å². The lowest BCUT2D eigenvalue weighted by molar-refractivity contribution is -0.139. The molecule has 0 spiro atoms. The second kappa shape index (κ2) is 11.6. The van der Waals surface area contributed by atoms with Crippen LogP contribution in [0.25, 0.3) is 0 Å². The highest BCUT2D eigenvalue weighted by atomic mass is 32.2. The van der Waals surface area contributed by atoms with Crippen molar-refractivity contribution >= 4 is 29.4 Å². The summed E-state index contributed by atoms with van der Waals surface area (Å²) in [6, 6.07) is 15.3. The molecule has 2 aromatic rings. The molecule has 0 radical (unpaired) electrons. The highest BCUT2D eigenvalue weighted by Crippen LogP contribution is 2.39. The quantitative estimate of drug-likeness (QED) is 0.366. The number of rotatable bonds is 9. The maximum Gasteiger partial charge on any atom is 0.336 e. The molecule has 0 unspecified atom stereocenters. The van der Waals surface area contributed by atoms with Crippen molar-refractivity contribution in [2.75, 3.05) is 31.0 Å². The zero-order valence-corrected chi connectivity index (χ0v) is 20.2. The molecule has 2 aromatic carbocycles. The van der Waals surface area contributed by atoms with E-state index in [1.807, 2.05) is 61.7 Å². The largest absolute Gasteiger partial charge is 0.494 e. The first kappa shape index (κ1) is 24.5. The smallest absolute Gasteiger partial charge is 0.336 e. The number of carbonyl (C=O) groups excluding carboxylic acids is 2. The number of ether oxygens (including phenoxy) is 3. The van der Waals surface area contributed by atoms with Gasteiger partial charge in [0.25, 0.3) is 0 Å². The van der Waals surface area contributed by atoms with Crippen molar-refractivity contribution in [3.63, 3.8) is 0 Å². The molecule has 1 heterocycles. The number of esters is 2. The van der Waals surface area contributed by atoms with Crippen molar-refractivity contribution in [1.82, 2.24) is 0 Å². The average molecular weight is 468 g/mol. The number of anilines is 1. The molecule has 0 N–H and O–H groups in total. The monoisotopic (exact) mass is 467 g/mol. The molecule has 0 fully saturated rings. The van der Waals surface area contributed by atoms with Gasteiger partial charge in [-0.05, 0) is 69.0 Å². The summed E-state index contributed by atoms with van der Waals surface area (Å²) >= 11 is 1.63. The van der Waals surface area contributed by atoms with Crippen molar-refractivity contribution < 1.29 is 23.8 Å². The molecule has 0 aromatic heterocycles. The SMILES string of the molecule is CCOC(=O)C1=CN(c2ccc(OCC)cc2)C=C(C(=O)OCC)C1c1ccc(SC)cc1. The van der Waals surface area contributed by atoms with Gasteiger partial charge < -0.3 is 19.1 Å². The summed E-state index contributed by atoms with van der Waals surface area (Å²) in [5.41, 5.74) is 2.33. The maximum atomic E-state index is 13.0. The average Bonchev–Trinajstić information content (AvgIpc) is 2.84. The van der Waals surface area contributed by atoms with E-state index < -0.39 is 17.9 Å². The molecule has 0 saturated heterocycles. The van der Waals surface area contributed by atoms with Crippen molar-refractivity contribution in [3.8, 4) is 5.75 Å². The Kier molecular flexibility index (Phi) is 8.60. The number of hydrogen-bond donors (Lipinski definition) is 0. The third-order valence-electron chi connectivity index (χ3n) is 5.10. The minimum absolute atomic E-state index is 0.232. The van der Waals surface area contributed by atoms with Crippen LogP contribution in [0.2, 0.25) is 0 Å². The molecule has 174 valence electrons. The molecule has 1 aliphatic rings. The van der Waals surface area contributed by atoms with Gasteiger partial charge in [0.15, 0.2) is 0 Å². The van der Waals surface area contributed by atoms with Crippen LogP contribution >= 0.6 is 11.8 Å². The highest BCUT2D eigenvalue weighted by molar-refractivity contribution is 7.98. The Morgan fingerprint density at radius 2 is 1.36 bits per heavy atom. The number of nitrogens with zero attached hydrogens (tertiary/aromatic N) is 1. The van der Waals surface area contributed by atoms with Gasteiger partial charge in [-0.2, -0.15) is 0 Å². The van der Waals surface area contributed by atoms with Crippen LogP contribution in [0.3, 0.4) is 0 Å². The zero-order chi connectivity index (χ0) is 23.8. The number of carbonyl (C=O) groups is 2. The van der Waals surface area contributed by atoms with E-state index in [4.69, 9.17) is 14.2 Å². The van der Waals surface area contributed by atoms with Gasteiger partial charge >= 0.3 is 11.9 Å². The molecular weight excluding hydrogens is 438 g/mol. The van der Waals surface area contributed by atoms with E-state index >= 15 is 0 Å². The van der Waals surface area contributed by atoms with Crippen LogP contribution in [0.5, 0.6) is 5.75 Å². The van der Waals surface area contributed by atoms with E-state index in [9.17, 15) is 9.59 Å². The number of hydrogen-bond acceptors (Lipinski definition) is 7. The Bertz CT molecular complexity index is 992. The minimum Gasteiger partial charge on any atom is -0.494 e.